The van der Waals surface area contributed by atoms with E-state index in [0.717, 1.165) is 22.5 Å². The number of rotatable bonds is 2. The lowest BCUT2D eigenvalue weighted by atomic mass is 10.1. The highest BCUT2D eigenvalue weighted by Crippen LogP contribution is 2.24. The lowest BCUT2D eigenvalue weighted by molar-refractivity contribution is -0.114. The van der Waals surface area contributed by atoms with Crippen LogP contribution in [-0.4, -0.2) is 20.3 Å². The van der Waals surface area contributed by atoms with Crippen LogP contribution in [0.15, 0.2) is 42.9 Å². The van der Waals surface area contributed by atoms with Crippen LogP contribution in [0.5, 0.6) is 0 Å². The number of carbonyl (C=O) groups is 1. The quantitative estimate of drug-likeness (QED) is 0.775. The van der Waals surface area contributed by atoms with E-state index in [0.29, 0.717) is 5.78 Å². The van der Waals surface area contributed by atoms with Crippen LogP contribution in [-0.2, 0) is 4.79 Å². The van der Waals surface area contributed by atoms with Crippen LogP contribution in [0.1, 0.15) is 12.5 Å². The second-order valence-corrected chi connectivity index (χ2v) is 4.66. The minimum atomic E-state index is -0.0816. The highest BCUT2D eigenvalue weighted by Gasteiger charge is 2.08. The average molecular weight is 266 g/mol. The van der Waals surface area contributed by atoms with E-state index in [4.69, 9.17) is 0 Å². The second kappa shape index (κ2) is 4.77. The third-order valence-electron chi connectivity index (χ3n) is 3.08. The molecular formula is C15H14N4O. The molecule has 0 aliphatic carbocycles. The van der Waals surface area contributed by atoms with Gasteiger partial charge >= 0.3 is 0 Å². The van der Waals surface area contributed by atoms with Crippen molar-refractivity contribution in [1.29, 1.82) is 0 Å². The fourth-order valence-electron chi connectivity index (χ4n) is 2.07. The fraction of sp³-hybridized carbons (Fsp3) is 0.133. The molecule has 5 heteroatoms. The Morgan fingerprint density at radius 1 is 1.35 bits per heavy atom. The van der Waals surface area contributed by atoms with Gasteiger partial charge in [0.2, 0.25) is 11.7 Å². The summed E-state index contributed by atoms with van der Waals surface area (Å²) in [6.45, 7) is 3.46. The number of carbonyl (C=O) groups excluding carboxylic acids is 1. The van der Waals surface area contributed by atoms with Gasteiger partial charge in [0.1, 0.15) is 0 Å². The summed E-state index contributed by atoms with van der Waals surface area (Å²) in [4.78, 5) is 19.9. The lowest BCUT2D eigenvalue weighted by Crippen LogP contribution is -2.07. The molecule has 0 atom stereocenters. The first-order valence-electron chi connectivity index (χ1n) is 6.32. The molecule has 1 aromatic carbocycles. The van der Waals surface area contributed by atoms with Crippen LogP contribution in [0.4, 0.5) is 5.69 Å². The van der Waals surface area contributed by atoms with E-state index in [1.165, 1.54) is 6.92 Å². The molecule has 0 aliphatic heterocycles. The van der Waals surface area contributed by atoms with Crippen molar-refractivity contribution in [3.63, 3.8) is 0 Å². The van der Waals surface area contributed by atoms with Gasteiger partial charge in [-0.1, -0.05) is 12.1 Å². The molecule has 0 saturated carbocycles. The van der Waals surface area contributed by atoms with Crippen molar-refractivity contribution in [3.05, 3.63) is 48.4 Å². The van der Waals surface area contributed by atoms with Crippen LogP contribution in [0.3, 0.4) is 0 Å². The molecule has 100 valence electrons. The topological polar surface area (TPSA) is 59.3 Å². The first kappa shape index (κ1) is 12.3. The number of nitrogens with one attached hydrogen (secondary N) is 1. The summed E-state index contributed by atoms with van der Waals surface area (Å²) >= 11 is 0. The minimum absolute atomic E-state index is 0.0816. The molecule has 20 heavy (non-hydrogen) atoms. The van der Waals surface area contributed by atoms with Crippen LogP contribution in [0.25, 0.3) is 17.0 Å². The van der Waals surface area contributed by atoms with Crippen molar-refractivity contribution >= 4 is 17.4 Å². The molecule has 2 aromatic heterocycles. The summed E-state index contributed by atoms with van der Waals surface area (Å²) in [5.74, 6) is 0.575. The Hall–Kier alpha value is -2.69. The Balaban J connectivity index is 2.07. The molecule has 0 aliphatic rings. The van der Waals surface area contributed by atoms with Gasteiger partial charge in [0, 0.05) is 36.8 Å². The van der Waals surface area contributed by atoms with E-state index < -0.39 is 0 Å². The molecule has 3 rings (SSSR count). The van der Waals surface area contributed by atoms with Crippen LogP contribution in [0.2, 0.25) is 0 Å². The highest BCUT2D eigenvalue weighted by molar-refractivity contribution is 5.90. The zero-order chi connectivity index (χ0) is 14.1. The normalized spacial score (nSPS) is 10.7. The van der Waals surface area contributed by atoms with Gasteiger partial charge in [0.05, 0.1) is 5.69 Å². The predicted octanol–water partition coefficient (Wildman–Crippen LogP) is 2.66. The monoisotopic (exact) mass is 266 g/mol. The number of fused-ring (bicyclic) bond motifs is 1. The summed E-state index contributed by atoms with van der Waals surface area (Å²) in [5.41, 5.74) is 3.60. The Labute approximate surface area is 116 Å². The molecule has 0 fully saturated rings. The van der Waals surface area contributed by atoms with Gasteiger partial charge in [-0.2, -0.15) is 0 Å². The van der Waals surface area contributed by atoms with Crippen molar-refractivity contribution in [2.24, 2.45) is 0 Å². The van der Waals surface area contributed by atoms with E-state index in [2.05, 4.69) is 15.3 Å². The Morgan fingerprint density at radius 2 is 2.20 bits per heavy atom. The first-order chi connectivity index (χ1) is 9.63. The largest absolute Gasteiger partial charge is 0.326 e. The summed E-state index contributed by atoms with van der Waals surface area (Å²) in [5, 5.41) is 2.83. The molecule has 0 bridgehead atoms. The molecule has 0 spiro atoms. The number of amides is 1. The molecule has 0 unspecified atom stereocenters. The number of aryl methyl sites for hydroxylation is 1. The number of anilines is 1. The van der Waals surface area contributed by atoms with Gasteiger partial charge in [0.15, 0.2) is 0 Å². The summed E-state index contributed by atoms with van der Waals surface area (Å²) in [7, 11) is 0. The maximum Gasteiger partial charge on any atom is 0.234 e. The highest BCUT2D eigenvalue weighted by atomic mass is 16.1. The number of benzene rings is 1. The molecule has 5 nitrogen and oxygen atoms in total. The van der Waals surface area contributed by atoms with Gasteiger partial charge in [-0.15, -0.1) is 0 Å². The first-order valence-corrected chi connectivity index (χ1v) is 6.32. The van der Waals surface area contributed by atoms with Crippen LogP contribution < -0.4 is 5.32 Å². The van der Waals surface area contributed by atoms with E-state index >= 15 is 0 Å². The molecule has 1 N–H and O–H groups in total. The maximum absolute atomic E-state index is 11.2. The fourth-order valence-corrected chi connectivity index (χ4v) is 2.07. The molecule has 3 aromatic rings. The van der Waals surface area contributed by atoms with Gasteiger partial charge in [-0.3, -0.25) is 9.20 Å². The summed E-state index contributed by atoms with van der Waals surface area (Å²) in [6.07, 6.45) is 5.54. The standard InChI is InChI=1S/C15H14N4O/c1-10-4-5-12(8-13(10)17-11(2)20)14-9-19-7-3-6-16-15(19)18-14/h3-9H,1-2H3,(H,17,20). The third kappa shape index (κ3) is 2.25. The number of aromatic nitrogens is 3. The molecule has 1 amide bonds. The van der Waals surface area contributed by atoms with E-state index in [1.807, 2.05) is 48.0 Å². The van der Waals surface area contributed by atoms with Crippen molar-refractivity contribution in [2.45, 2.75) is 13.8 Å². The van der Waals surface area contributed by atoms with Crippen LogP contribution >= 0.6 is 0 Å². The van der Waals surface area contributed by atoms with Crippen molar-refractivity contribution in [1.82, 2.24) is 14.4 Å². The van der Waals surface area contributed by atoms with Crippen molar-refractivity contribution < 1.29 is 4.79 Å². The number of hydrogen-bond donors (Lipinski definition) is 1. The van der Waals surface area contributed by atoms with E-state index in [1.54, 1.807) is 6.20 Å². The van der Waals surface area contributed by atoms with Crippen LogP contribution in [0, 0.1) is 6.92 Å². The number of hydrogen-bond acceptors (Lipinski definition) is 3. The van der Waals surface area contributed by atoms with Gasteiger partial charge < -0.3 is 5.32 Å². The Kier molecular flexibility index (Phi) is 2.95. The summed E-state index contributed by atoms with van der Waals surface area (Å²) in [6, 6.07) is 7.75. The minimum Gasteiger partial charge on any atom is -0.326 e. The maximum atomic E-state index is 11.2. The Morgan fingerprint density at radius 3 is 2.95 bits per heavy atom. The Bertz CT molecular complexity index is 758. The smallest absolute Gasteiger partial charge is 0.234 e. The molecule has 0 saturated heterocycles. The lowest BCUT2D eigenvalue weighted by Gasteiger charge is -2.07. The molecular weight excluding hydrogens is 252 g/mol. The molecule has 0 radical (unpaired) electrons. The van der Waals surface area contributed by atoms with Crippen molar-refractivity contribution in [2.75, 3.05) is 5.32 Å². The molecule has 2 heterocycles. The van der Waals surface area contributed by atoms with Gasteiger partial charge in [-0.05, 0) is 24.6 Å². The van der Waals surface area contributed by atoms with E-state index in [9.17, 15) is 4.79 Å². The van der Waals surface area contributed by atoms with E-state index in [-0.39, 0.29) is 5.91 Å². The third-order valence-corrected chi connectivity index (χ3v) is 3.08. The van der Waals surface area contributed by atoms with Gasteiger partial charge in [-0.25, -0.2) is 9.97 Å². The van der Waals surface area contributed by atoms with Gasteiger partial charge in [0.25, 0.3) is 0 Å². The second-order valence-electron chi connectivity index (χ2n) is 4.66. The zero-order valence-electron chi connectivity index (χ0n) is 11.3. The zero-order valence-corrected chi connectivity index (χ0v) is 11.3. The number of nitrogens with zero attached hydrogens (tertiary/aromatic N) is 3. The predicted molar refractivity (Wildman–Crippen MR) is 77.5 cm³/mol. The SMILES string of the molecule is CC(=O)Nc1cc(-c2cn3cccnc3n2)ccc1C. The average Bonchev–Trinajstić information content (AvgIpc) is 2.84. The summed E-state index contributed by atoms with van der Waals surface area (Å²) < 4.78 is 1.87. The number of imidazole rings is 1. The van der Waals surface area contributed by atoms with Crippen molar-refractivity contribution in [3.8, 4) is 11.3 Å².